The molecule has 0 aliphatic carbocycles. The number of aliphatic hydroxyl groups excluding tert-OH is 1. The van der Waals surface area contributed by atoms with Crippen molar-refractivity contribution >= 4 is 5.97 Å². The molecule has 0 amide bonds. The maximum Gasteiger partial charge on any atom is 0.338 e. The molecule has 0 radical (unpaired) electrons. The van der Waals surface area contributed by atoms with Crippen LogP contribution >= 0.6 is 0 Å². The minimum atomic E-state index is -0.909. The zero-order valence-corrected chi connectivity index (χ0v) is 12.9. The molecule has 1 N–H and O–H groups in total. The number of aliphatic hydroxyl groups is 1. The molecule has 112 valence electrons. The summed E-state index contributed by atoms with van der Waals surface area (Å²) >= 11 is 0. The van der Waals surface area contributed by atoms with Gasteiger partial charge in [-0.2, -0.15) is 0 Å². The Morgan fingerprint density at radius 2 is 1.63 bits per heavy atom. The Kier molecular flexibility index (Phi) is 4.65. The number of β-amino-alcohol motifs (C(OH)–C–C–N with tert-alkyl or cyclic N) is 1. The summed E-state index contributed by atoms with van der Waals surface area (Å²) in [7, 11) is 2.95. The highest BCUT2D eigenvalue weighted by molar-refractivity contribution is 5.80. The van der Waals surface area contributed by atoms with Crippen molar-refractivity contribution in [3.63, 3.8) is 0 Å². The first-order chi connectivity index (χ1) is 8.65. The topological polar surface area (TPSA) is 59.0 Å². The molecule has 0 unspecified atom stereocenters. The van der Waals surface area contributed by atoms with Gasteiger partial charge in [-0.1, -0.05) is 0 Å². The fraction of sp³-hybridized carbons (Fsp3) is 0.929. The lowest BCUT2D eigenvalue weighted by Gasteiger charge is -2.57. The highest BCUT2D eigenvalue weighted by Gasteiger charge is 2.56. The number of carbonyl (C=O) groups is 1. The number of piperidine rings is 1. The van der Waals surface area contributed by atoms with E-state index in [1.165, 1.54) is 7.11 Å². The van der Waals surface area contributed by atoms with Gasteiger partial charge in [0.1, 0.15) is 0 Å². The highest BCUT2D eigenvalue weighted by Crippen LogP contribution is 2.45. The number of hydrogen-bond acceptors (Lipinski definition) is 5. The van der Waals surface area contributed by atoms with E-state index >= 15 is 0 Å². The summed E-state index contributed by atoms with van der Waals surface area (Å²) in [5.74, 6) is -0.320. The van der Waals surface area contributed by atoms with E-state index in [0.717, 1.165) is 0 Å². The number of nitrogens with zero attached hydrogens (tertiary/aromatic N) is 1. The SMILES string of the molecule is COC(=O)C1(OC)CC(C)(C)N(CCO)C(C)(C)C1. The van der Waals surface area contributed by atoms with Gasteiger partial charge in [0.25, 0.3) is 0 Å². The number of methoxy groups -OCH3 is 2. The molecule has 0 saturated carbocycles. The van der Waals surface area contributed by atoms with Gasteiger partial charge in [0.05, 0.1) is 13.7 Å². The number of rotatable bonds is 4. The predicted octanol–water partition coefficient (Wildman–Crippen LogP) is 1.19. The van der Waals surface area contributed by atoms with Gasteiger partial charge in [-0.15, -0.1) is 0 Å². The van der Waals surface area contributed by atoms with Crippen molar-refractivity contribution in [3.8, 4) is 0 Å². The molecule has 1 saturated heterocycles. The second kappa shape index (κ2) is 5.38. The lowest BCUT2D eigenvalue weighted by molar-refractivity contribution is -0.193. The molecule has 0 bridgehead atoms. The summed E-state index contributed by atoms with van der Waals surface area (Å²) in [5.41, 5.74) is -1.42. The summed E-state index contributed by atoms with van der Waals surface area (Å²) in [6.07, 6.45) is 1.10. The van der Waals surface area contributed by atoms with Crippen LogP contribution in [0.2, 0.25) is 0 Å². The number of ether oxygens (including phenoxy) is 2. The highest BCUT2D eigenvalue weighted by atomic mass is 16.6. The average molecular weight is 273 g/mol. The fourth-order valence-corrected chi connectivity index (χ4v) is 3.73. The van der Waals surface area contributed by atoms with Gasteiger partial charge in [-0.3, -0.25) is 4.90 Å². The molecule has 19 heavy (non-hydrogen) atoms. The van der Waals surface area contributed by atoms with E-state index in [2.05, 4.69) is 32.6 Å². The van der Waals surface area contributed by atoms with Crippen molar-refractivity contribution in [2.75, 3.05) is 27.4 Å². The summed E-state index contributed by atoms with van der Waals surface area (Å²) in [6, 6.07) is 0. The van der Waals surface area contributed by atoms with Crippen LogP contribution in [0.3, 0.4) is 0 Å². The Morgan fingerprint density at radius 1 is 1.16 bits per heavy atom. The molecule has 0 aromatic rings. The molecule has 0 aromatic heterocycles. The number of likely N-dealkylation sites (tertiary alicyclic amines) is 1. The Morgan fingerprint density at radius 3 is 1.95 bits per heavy atom. The lowest BCUT2D eigenvalue weighted by atomic mass is 9.70. The third-order valence-corrected chi connectivity index (χ3v) is 4.17. The quantitative estimate of drug-likeness (QED) is 0.780. The van der Waals surface area contributed by atoms with E-state index in [1.54, 1.807) is 7.11 Å². The molecule has 1 fully saturated rings. The second-order valence-corrected chi connectivity index (χ2v) is 6.54. The van der Waals surface area contributed by atoms with E-state index in [9.17, 15) is 9.90 Å². The fourth-order valence-electron chi connectivity index (χ4n) is 3.73. The normalized spacial score (nSPS) is 25.0. The predicted molar refractivity (Wildman–Crippen MR) is 72.9 cm³/mol. The van der Waals surface area contributed by atoms with Gasteiger partial charge in [-0.05, 0) is 27.7 Å². The zero-order valence-electron chi connectivity index (χ0n) is 12.9. The molecule has 5 heteroatoms. The molecule has 0 spiro atoms. The van der Waals surface area contributed by atoms with Crippen LogP contribution < -0.4 is 0 Å². The van der Waals surface area contributed by atoms with Crippen LogP contribution in [-0.4, -0.2) is 60.0 Å². The van der Waals surface area contributed by atoms with Crippen LogP contribution in [-0.2, 0) is 14.3 Å². The largest absolute Gasteiger partial charge is 0.467 e. The van der Waals surface area contributed by atoms with Crippen molar-refractivity contribution < 1.29 is 19.4 Å². The standard InChI is InChI=1S/C14H27NO4/c1-12(2)9-14(19-6,11(17)18-5)10-13(3,4)15(12)7-8-16/h16H,7-10H2,1-6H3. The molecule has 5 nitrogen and oxygen atoms in total. The Bertz CT molecular complexity index is 320. The third-order valence-electron chi connectivity index (χ3n) is 4.17. The van der Waals surface area contributed by atoms with Gasteiger partial charge in [0, 0.05) is 37.6 Å². The molecule has 0 aromatic carbocycles. The van der Waals surface area contributed by atoms with Crippen molar-refractivity contribution in [1.29, 1.82) is 0 Å². The van der Waals surface area contributed by atoms with Gasteiger partial charge in [0.2, 0.25) is 0 Å². The first-order valence-electron chi connectivity index (χ1n) is 6.67. The number of carbonyl (C=O) groups excluding carboxylic acids is 1. The van der Waals surface area contributed by atoms with Crippen molar-refractivity contribution in [2.45, 2.75) is 57.2 Å². The van der Waals surface area contributed by atoms with Crippen LogP contribution in [0.4, 0.5) is 0 Å². The number of esters is 1. The zero-order chi connectivity index (χ0) is 14.9. The van der Waals surface area contributed by atoms with E-state index < -0.39 is 5.60 Å². The smallest absolute Gasteiger partial charge is 0.338 e. The van der Waals surface area contributed by atoms with Crippen LogP contribution in [0.1, 0.15) is 40.5 Å². The Balaban J connectivity index is 3.16. The van der Waals surface area contributed by atoms with E-state index in [-0.39, 0.29) is 23.7 Å². The molecule has 1 heterocycles. The minimum absolute atomic E-state index is 0.102. The van der Waals surface area contributed by atoms with E-state index in [4.69, 9.17) is 9.47 Å². The molecule has 1 aliphatic heterocycles. The number of hydrogen-bond donors (Lipinski definition) is 1. The second-order valence-electron chi connectivity index (χ2n) is 6.54. The van der Waals surface area contributed by atoms with Gasteiger partial charge in [0.15, 0.2) is 5.60 Å². The van der Waals surface area contributed by atoms with Gasteiger partial charge >= 0.3 is 5.97 Å². The van der Waals surface area contributed by atoms with Crippen LogP contribution in [0.5, 0.6) is 0 Å². The summed E-state index contributed by atoms with van der Waals surface area (Å²) in [5, 5.41) is 9.26. The molecular weight excluding hydrogens is 246 g/mol. The average Bonchev–Trinajstić information content (AvgIpc) is 2.31. The maximum absolute atomic E-state index is 12.1. The summed E-state index contributed by atoms with van der Waals surface area (Å²) in [6.45, 7) is 8.97. The summed E-state index contributed by atoms with van der Waals surface area (Å²) in [4.78, 5) is 14.4. The molecular formula is C14H27NO4. The molecule has 1 rings (SSSR count). The first-order valence-corrected chi connectivity index (χ1v) is 6.67. The maximum atomic E-state index is 12.1. The van der Waals surface area contributed by atoms with E-state index in [1.807, 2.05) is 0 Å². The lowest BCUT2D eigenvalue weighted by Crippen LogP contribution is -2.68. The van der Waals surface area contributed by atoms with Gasteiger partial charge < -0.3 is 14.6 Å². The summed E-state index contributed by atoms with van der Waals surface area (Å²) < 4.78 is 10.5. The minimum Gasteiger partial charge on any atom is -0.467 e. The first kappa shape index (κ1) is 16.4. The van der Waals surface area contributed by atoms with Crippen LogP contribution in [0.25, 0.3) is 0 Å². The Hall–Kier alpha value is -0.650. The van der Waals surface area contributed by atoms with Crippen LogP contribution in [0, 0.1) is 0 Å². The van der Waals surface area contributed by atoms with Crippen molar-refractivity contribution in [2.24, 2.45) is 0 Å². The third kappa shape index (κ3) is 2.93. The van der Waals surface area contributed by atoms with E-state index in [0.29, 0.717) is 19.4 Å². The van der Waals surface area contributed by atoms with Gasteiger partial charge in [-0.25, -0.2) is 4.79 Å². The Labute approximate surface area is 115 Å². The van der Waals surface area contributed by atoms with Crippen molar-refractivity contribution in [3.05, 3.63) is 0 Å². The van der Waals surface area contributed by atoms with Crippen LogP contribution in [0.15, 0.2) is 0 Å². The van der Waals surface area contributed by atoms with Crippen molar-refractivity contribution in [1.82, 2.24) is 4.90 Å². The monoisotopic (exact) mass is 273 g/mol. The molecule has 0 atom stereocenters. The molecule has 1 aliphatic rings.